The number of carbonyl (C=O) groups is 2. The molecule has 1 N–H and O–H groups in total. The highest BCUT2D eigenvalue weighted by atomic mass is 16.2. The van der Waals surface area contributed by atoms with Gasteiger partial charge in [0.15, 0.2) is 0 Å². The fourth-order valence-electron chi connectivity index (χ4n) is 3.78. The number of hydrogen-bond donors (Lipinski definition) is 1. The largest absolute Gasteiger partial charge is 0.370 e. The minimum Gasteiger partial charge on any atom is -0.370 e. The van der Waals surface area contributed by atoms with Crippen molar-refractivity contribution in [3.05, 3.63) is 18.5 Å². The number of pyridine rings is 1. The lowest BCUT2D eigenvalue weighted by Gasteiger charge is -2.30. The number of rotatable bonds is 4. The lowest BCUT2D eigenvalue weighted by Crippen LogP contribution is -2.32. The highest BCUT2D eigenvalue weighted by molar-refractivity contribution is 5.99. The summed E-state index contributed by atoms with van der Waals surface area (Å²) in [5.41, 5.74) is 1.81. The van der Waals surface area contributed by atoms with E-state index in [2.05, 4.69) is 15.2 Å². The highest BCUT2D eigenvalue weighted by Crippen LogP contribution is 2.33. The Hall–Kier alpha value is -2.11. The van der Waals surface area contributed by atoms with E-state index in [0.29, 0.717) is 19.0 Å². The summed E-state index contributed by atoms with van der Waals surface area (Å²) in [6.45, 7) is 2.60. The Bertz CT molecular complexity index is 638. The molecule has 4 rings (SSSR count). The lowest BCUT2D eigenvalue weighted by atomic mass is 10.1. The number of anilines is 2. The Morgan fingerprint density at radius 2 is 2.00 bits per heavy atom. The number of hydrogen-bond acceptors (Lipinski definition) is 4. The predicted molar refractivity (Wildman–Crippen MR) is 91.8 cm³/mol. The zero-order valence-electron chi connectivity index (χ0n) is 13.9. The summed E-state index contributed by atoms with van der Waals surface area (Å²) in [5.74, 6) is -0.176. The average molecular weight is 328 g/mol. The molecule has 2 aliphatic heterocycles. The van der Waals surface area contributed by atoms with Crippen molar-refractivity contribution in [3.63, 3.8) is 0 Å². The van der Waals surface area contributed by atoms with Crippen molar-refractivity contribution in [2.75, 3.05) is 29.9 Å². The predicted octanol–water partition coefficient (Wildman–Crippen LogP) is 2.02. The molecule has 3 aliphatic rings. The van der Waals surface area contributed by atoms with Crippen molar-refractivity contribution in [2.45, 2.75) is 44.6 Å². The Kier molecular flexibility index (Phi) is 4.12. The summed E-state index contributed by atoms with van der Waals surface area (Å²) in [4.78, 5) is 33.1. The molecule has 24 heavy (non-hydrogen) atoms. The monoisotopic (exact) mass is 328 g/mol. The number of likely N-dealkylation sites (tertiary alicyclic amines) is 1. The van der Waals surface area contributed by atoms with Crippen LogP contribution in [0.25, 0.3) is 0 Å². The Balaban J connectivity index is 1.45. The second-order valence-corrected chi connectivity index (χ2v) is 7.11. The smallest absolute Gasteiger partial charge is 0.229 e. The van der Waals surface area contributed by atoms with Gasteiger partial charge in [-0.05, 0) is 38.2 Å². The number of nitrogens with zero attached hydrogens (tertiary/aromatic N) is 3. The number of aromatic nitrogens is 1. The molecule has 0 radical (unpaired) electrons. The summed E-state index contributed by atoms with van der Waals surface area (Å²) < 4.78 is 0. The zero-order valence-corrected chi connectivity index (χ0v) is 13.9. The molecule has 0 unspecified atom stereocenters. The zero-order chi connectivity index (χ0) is 16.5. The van der Waals surface area contributed by atoms with Crippen molar-refractivity contribution in [2.24, 2.45) is 5.92 Å². The molecule has 6 nitrogen and oxygen atoms in total. The molecule has 1 saturated carbocycles. The molecule has 0 aromatic carbocycles. The van der Waals surface area contributed by atoms with E-state index in [1.54, 1.807) is 12.4 Å². The van der Waals surface area contributed by atoms with E-state index in [4.69, 9.17) is 0 Å². The Morgan fingerprint density at radius 3 is 2.75 bits per heavy atom. The molecule has 1 aliphatic carbocycles. The van der Waals surface area contributed by atoms with Gasteiger partial charge in [0.25, 0.3) is 0 Å². The van der Waals surface area contributed by atoms with Crippen LogP contribution in [0.5, 0.6) is 0 Å². The summed E-state index contributed by atoms with van der Waals surface area (Å²) in [5, 5.41) is 3.03. The second kappa shape index (κ2) is 6.42. The molecule has 0 spiro atoms. The Labute approximate surface area is 142 Å². The van der Waals surface area contributed by atoms with Crippen LogP contribution in [-0.2, 0) is 9.59 Å². The maximum absolute atomic E-state index is 12.6. The summed E-state index contributed by atoms with van der Waals surface area (Å²) in [6.07, 6.45) is 9.63. The third-order valence-electron chi connectivity index (χ3n) is 5.27. The van der Waals surface area contributed by atoms with E-state index in [1.165, 1.54) is 19.3 Å². The molecule has 3 fully saturated rings. The van der Waals surface area contributed by atoms with Gasteiger partial charge < -0.3 is 15.1 Å². The summed E-state index contributed by atoms with van der Waals surface area (Å²) in [6, 6.07) is 2.36. The van der Waals surface area contributed by atoms with Crippen LogP contribution in [-0.4, -0.2) is 47.4 Å². The van der Waals surface area contributed by atoms with Crippen LogP contribution in [0, 0.1) is 5.92 Å². The first-order chi connectivity index (χ1) is 11.7. The van der Waals surface area contributed by atoms with Crippen molar-refractivity contribution in [1.82, 2.24) is 9.88 Å². The van der Waals surface area contributed by atoms with Crippen molar-refractivity contribution < 1.29 is 9.59 Å². The normalized spacial score (nSPS) is 24.3. The third-order valence-corrected chi connectivity index (χ3v) is 5.27. The maximum atomic E-state index is 12.6. The third kappa shape index (κ3) is 3.09. The van der Waals surface area contributed by atoms with E-state index in [0.717, 1.165) is 37.3 Å². The van der Waals surface area contributed by atoms with Crippen LogP contribution in [0.15, 0.2) is 18.5 Å². The Morgan fingerprint density at radius 1 is 1.21 bits per heavy atom. The van der Waals surface area contributed by atoms with Crippen LogP contribution in [0.4, 0.5) is 11.4 Å². The van der Waals surface area contributed by atoms with E-state index in [-0.39, 0.29) is 17.7 Å². The number of nitrogens with one attached hydrogen (secondary N) is 1. The van der Waals surface area contributed by atoms with Crippen LogP contribution in [0.1, 0.15) is 38.5 Å². The molecule has 6 heteroatoms. The van der Waals surface area contributed by atoms with E-state index >= 15 is 0 Å². The standard InChI is InChI=1S/C18H24N4O2/c23-17-10-13(12-22(17)14-4-5-14)18(24)20-15-11-19-7-6-16(15)21-8-2-1-3-9-21/h6-7,11,13-14H,1-5,8-10,12H2,(H,20,24)/t13-/m0/s1. The molecule has 1 aromatic heterocycles. The van der Waals surface area contributed by atoms with Crippen LogP contribution < -0.4 is 10.2 Å². The minimum absolute atomic E-state index is 0.0576. The van der Waals surface area contributed by atoms with Gasteiger partial charge in [-0.1, -0.05) is 0 Å². The second-order valence-electron chi connectivity index (χ2n) is 7.11. The first-order valence-electron chi connectivity index (χ1n) is 9.01. The fourth-order valence-corrected chi connectivity index (χ4v) is 3.78. The summed E-state index contributed by atoms with van der Waals surface area (Å²) >= 11 is 0. The maximum Gasteiger partial charge on any atom is 0.229 e. The average Bonchev–Trinajstić information content (AvgIpc) is 3.38. The molecule has 1 atom stereocenters. The molecule has 3 heterocycles. The van der Waals surface area contributed by atoms with Crippen molar-refractivity contribution in [3.8, 4) is 0 Å². The van der Waals surface area contributed by atoms with Gasteiger partial charge in [0.2, 0.25) is 11.8 Å². The van der Waals surface area contributed by atoms with Gasteiger partial charge in [0.1, 0.15) is 0 Å². The van der Waals surface area contributed by atoms with Gasteiger partial charge in [-0.2, -0.15) is 0 Å². The van der Waals surface area contributed by atoms with Crippen LogP contribution in [0.2, 0.25) is 0 Å². The van der Waals surface area contributed by atoms with Gasteiger partial charge in [0, 0.05) is 38.3 Å². The molecule has 1 aromatic rings. The first kappa shape index (κ1) is 15.4. The topological polar surface area (TPSA) is 65.5 Å². The quantitative estimate of drug-likeness (QED) is 0.918. The number of amides is 2. The highest BCUT2D eigenvalue weighted by Gasteiger charge is 2.41. The van der Waals surface area contributed by atoms with Gasteiger partial charge in [-0.3, -0.25) is 14.6 Å². The van der Waals surface area contributed by atoms with Gasteiger partial charge >= 0.3 is 0 Å². The van der Waals surface area contributed by atoms with Crippen molar-refractivity contribution in [1.29, 1.82) is 0 Å². The molecular weight excluding hydrogens is 304 g/mol. The fraction of sp³-hybridized carbons (Fsp3) is 0.611. The minimum atomic E-state index is -0.243. The SMILES string of the molecule is O=C(Nc1cnccc1N1CCCCC1)[C@H]1CC(=O)N(C2CC2)C1. The molecule has 2 saturated heterocycles. The van der Waals surface area contributed by atoms with E-state index in [9.17, 15) is 9.59 Å². The molecular formula is C18H24N4O2. The van der Waals surface area contributed by atoms with Crippen LogP contribution in [0.3, 0.4) is 0 Å². The molecule has 128 valence electrons. The van der Waals surface area contributed by atoms with Gasteiger partial charge in [-0.15, -0.1) is 0 Å². The first-order valence-corrected chi connectivity index (χ1v) is 9.01. The lowest BCUT2D eigenvalue weighted by molar-refractivity contribution is -0.128. The summed E-state index contributed by atoms with van der Waals surface area (Å²) in [7, 11) is 0. The van der Waals surface area contributed by atoms with Gasteiger partial charge in [-0.25, -0.2) is 0 Å². The van der Waals surface area contributed by atoms with Crippen LogP contribution >= 0.6 is 0 Å². The van der Waals surface area contributed by atoms with E-state index in [1.807, 2.05) is 11.0 Å². The van der Waals surface area contributed by atoms with Crippen molar-refractivity contribution >= 4 is 23.2 Å². The van der Waals surface area contributed by atoms with Gasteiger partial charge in [0.05, 0.1) is 23.5 Å². The number of carbonyl (C=O) groups excluding carboxylic acids is 2. The van der Waals surface area contributed by atoms with E-state index < -0.39 is 0 Å². The molecule has 2 amide bonds. The molecule has 0 bridgehead atoms. The number of piperidine rings is 1.